The largest absolute Gasteiger partial charge is 0.469 e. The Labute approximate surface area is 341 Å². The van der Waals surface area contributed by atoms with Gasteiger partial charge in [0.05, 0.1) is 43.7 Å². The third-order valence-corrected chi connectivity index (χ3v) is 18.0. The highest BCUT2D eigenvalue weighted by Crippen LogP contribution is 2.44. The molecule has 0 unspecified atom stereocenters. The Morgan fingerprint density at radius 1 is 0.929 bits per heavy atom. The fraction of sp³-hybridized carbons (Fsp3) is 0.841. The Morgan fingerprint density at radius 2 is 1.55 bits per heavy atom. The van der Waals surface area contributed by atoms with Gasteiger partial charge < -0.3 is 47.4 Å². The molecule has 56 heavy (non-hydrogen) atoms. The lowest BCUT2D eigenvalue weighted by Crippen LogP contribution is -2.51. The van der Waals surface area contributed by atoms with E-state index in [0.29, 0.717) is 55.5 Å². The number of carbonyl (C=O) groups excluding carboxylic acids is 1. The summed E-state index contributed by atoms with van der Waals surface area (Å²) in [5.41, 5.74) is 1.90. The van der Waals surface area contributed by atoms with Crippen LogP contribution in [0.1, 0.15) is 120 Å². The summed E-state index contributed by atoms with van der Waals surface area (Å²) in [4.78, 5) is 11.9. The topological polar surface area (TPSA) is 120 Å². The van der Waals surface area contributed by atoms with Gasteiger partial charge in [0, 0.05) is 45.5 Å². The van der Waals surface area contributed by atoms with Crippen molar-refractivity contribution in [2.45, 2.75) is 174 Å². The summed E-state index contributed by atoms with van der Waals surface area (Å²) >= 11 is 0. The van der Waals surface area contributed by atoms with Crippen LogP contribution in [-0.2, 0) is 53.7 Å². The SMILES string of the molecule is CCC[C@@H](CO[Si](C(C)C)(C(C)C)C(C)C)[C@H](O)C[C@@H](OCOC)[C@H](C)[C@H](OCOC)[C@H](OCOCc1ccccc1)[C@@H]1O[C@@](C)(CCCC(=O)OC)C[C@@H]1C. The van der Waals surface area contributed by atoms with Crippen molar-refractivity contribution >= 4 is 14.3 Å². The van der Waals surface area contributed by atoms with Gasteiger partial charge in [-0.2, -0.15) is 0 Å². The van der Waals surface area contributed by atoms with Crippen molar-refractivity contribution in [2.75, 3.05) is 48.3 Å². The number of benzene rings is 1. The number of hydrogen-bond donors (Lipinski definition) is 1. The lowest BCUT2D eigenvalue weighted by Gasteiger charge is -2.43. The first-order valence-electron chi connectivity index (χ1n) is 21.1. The summed E-state index contributed by atoms with van der Waals surface area (Å²) < 4.78 is 55.5. The fourth-order valence-electron chi connectivity index (χ4n) is 9.22. The molecule has 1 aliphatic rings. The lowest BCUT2D eigenvalue weighted by molar-refractivity contribution is -0.231. The highest BCUT2D eigenvalue weighted by atomic mass is 28.4. The molecule has 0 radical (unpaired) electrons. The van der Waals surface area contributed by atoms with Crippen LogP contribution < -0.4 is 0 Å². The molecule has 326 valence electrons. The van der Waals surface area contributed by atoms with E-state index in [2.05, 4.69) is 69.2 Å². The van der Waals surface area contributed by atoms with E-state index in [1.165, 1.54) is 7.11 Å². The van der Waals surface area contributed by atoms with E-state index in [9.17, 15) is 9.90 Å². The molecule has 1 aromatic carbocycles. The van der Waals surface area contributed by atoms with Gasteiger partial charge in [-0.1, -0.05) is 99.1 Å². The normalized spacial score (nSPS) is 22.4. The molecule has 9 atom stereocenters. The number of aliphatic hydroxyl groups excluding tert-OH is 1. The van der Waals surface area contributed by atoms with Gasteiger partial charge in [-0.3, -0.25) is 4.79 Å². The number of aliphatic hydroxyl groups is 1. The van der Waals surface area contributed by atoms with Crippen molar-refractivity contribution in [1.29, 1.82) is 0 Å². The van der Waals surface area contributed by atoms with Crippen LogP contribution in [0.3, 0.4) is 0 Å². The Balaban J connectivity index is 2.44. The maximum Gasteiger partial charge on any atom is 0.305 e. The smallest absolute Gasteiger partial charge is 0.305 e. The number of hydrogen-bond acceptors (Lipinski definition) is 11. The van der Waals surface area contributed by atoms with E-state index in [1.54, 1.807) is 14.2 Å². The van der Waals surface area contributed by atoms with Crippen LogP contribution in [0.2, 0.25) is 16.6 Å². The summed E-state index contributed by atoms with van der Waals surface area (Å²) in [5, 5.41) is 12.1. The summed E-state index contributed by atoms with van der Waals surface area (Å²) in [6.07, 6.45) is 1.91. The Kier molecular flexibility index (Phi) is 23.4. The molecule has 1 fully saturated rings. The monoisotopic (exact) mass is 813 g/mol. The highest BCUT2D eigenvalue weighted by Gasteiger charge is 2.50. The molecule has 0 aliphatic carbocycles. The van der Waals surface area contributed by atoms with Crippen molar-refractivity contribution < 1.29 is 52.2 Å². The third kappa shape index (κ3) is 15.3. The van der Waals surface area contributed by atoms with Gasteiger partial charge >= 0.3 is 5.97 Å². The molecule has 1 heterocycles. The molecule has 0 saturated carbocycles. The number of esters is 1. The van der Waals surface area contributed by atoms with Gasteiger partial charge in [-0.05, 0) is 60.7 Å². The van der Waals surface area contributed by atoms with Crippen LogP contribution in [0.4, 0.5) is 0 Å². The van der Waals surface area contributed by atoms with Gasteiger partial charge in [0.2, 0.25) is 0 Å². The first kappa shape index (κ1) is 50.7. The zero-order valence-corrected chi connectivity index (χ0v) is 38.3. The Hall–Kier alpha value is -1.45. The van der Waals surface area contributed by atoms with Crippen LogP contribution in [0, 0.1) is 17.8 Å². The average molecular weight is 813 g/mol. The van der Waals surface area contributed by atoms with E-state index < -0.39 is 38.3 Å². The lowest BCUT2D eigenvalue weighted by atomic mass is 9.83. The van der Waals surface area contributed by atoms with Crippen molar-refractivity contribution in [1.82, 2.24) is 0 Å². The van der Waals surface area contributed by atoms with Crippen molar-refractivity contribution in [2.24, 2.45) is 17.8 Å². The van der Waals surface area contributed by atoms with Crippen molar-refractivity contribution in [3.63, 3.8) is 0 Å². The second-order valence-corrected chi connectivity index (χ2v) is 22.7. The molecule has 12 heteroatoms. The predicted octanol–water partition coefficient (Wildman–Crippen LogP) is 9.05. The molecular formula is C44H80O11Si. The quantitative estimate of drug-likeness (QED) is 0.0347. The number of rotatable bonds is 30. The molecule has 1 saturated heterocycles. The summed E-state index contributed by atoms with van der Waals surface area (Å²) in [5.74, 6) is -0.493. The number of methoxy groups -OCH3 is 3. The highest BCUT2D eigenvalue weighted by molar-refractivity contribution is 6.77. The Morgan fingerprint density at radius 3 is 2.12 bits per heavy atom. The second kappa shape index (κ2) is 25.9. The van der Waals surface area contributed by atoms with Gasteiger partial charge in [-0.25, -0.2) is 0 Å². The molecule has 2 rings (SSSR count). The van der Waals surface area contributed by atoms with Gasteiger partial charge in [0.15, 0.2) is 8.32 Å². The minimum atomic E-state index is -2.15. The minimum absolute atomic E-state index is 0.0140. The first-order valence-corrected chi connectivity index (χ1v) is 23.3. The summed E-state index contributed by atoms with van der Waals surface area (Å²) in [6, 6.07) is 9.98. The zero-order valence-electron chi connectivity index (χ0n) is 37.3. The van der Waals surface area contributed by atoms with Gasteiger partial charge in [-0.15, -0.1) is 0 Å². The molecule has 0 bridgehead atoms. The van der Waals surface area contributed by atoms with Gasteiger partial charge in [0.25, 0.3) is 0 Å². The van der Waals surface area contributed by atoms with Crippen LogP contribution in [-0.4, -0.2) is 104 Å². The molecule has 0 amide bonds. The van der Waals surface area contributed by atoms with E-state index in [0.717, 1.165) is 24.8 Å². The number of carbonyl (C=O) groups is 1. The fourth-order valence-corrected chi connectivity index (χ4v) is 14.7. The third-order valence-electron chi connectivity index (χ3n) is 12.0. The van der Waals surface area contributed by atoms with Crippen molar-refractivity contribution in [3.8, 4) is 0 Å². The van der Waals surface area contributed by atoms with E-state index >= 15 is 0 Å². The van der Waals surface area contributed by atoms with E-state index in [1.807, 2.05) is 30.3 Å². The summed E-state index contributed by atoms with van der Waals surface area (Å²) in [6.45, 7) is 23.2. The van der Waals surface area contributed by atoms with E-state index in [-0.39, 0.29) is 50.2 Å². The molecular weight excluding hydrogens is 733 g/mol. The summed E-state index contributed by atoms with van der Waals surface area (Å²) in [7, 11) is 2.47. The van der Waals surface area contributed by atoms with Crippen molar-refractivity contribution in [3.05, 3.63) is 35.9 Å². The second-order valence-electron chi connectivity index (χ2n) is 17.2. The van der Waals surface area contributed by atoms with Gasteiger partial charge in [0.1, 0.15) is 26.5 Å². The number of ether oxygens (including phenoxy) is 8. The molecule has 1 aliphatic heterocycles. The molecule has 11 nitrogen and oxygen atoms in total. The molecule has 0 aromatic heterocycles. The zero-order chi connectivity index (χ0) is 41.9. The van der Waals surface area contributed by atoms with Crippen LogP contribution in [0.15, 0.2) is 30.3 Å². The van der Waals surface area contributed by atoms with E-state index in [4.69, 9.17) is 42.3 Å². The van der Waals surface area contributed by atoms with Crippen LogP contribution >= 0.6 is 0 Å². The Bertz CT molecular complexity index is 1160. The maximum absolute atomic E-state index is 12.1. The molecule has 0 spiro atoms. The van der Waals surface area contributed by atoms with Crippen LogP contribution in [0.5, 0.6) is 0 Å². The van der Waals surface area contributed by atoms with Crippen LogP contribution in [0.25, 0.3) is 0 Å². The first-order chi connectivity index (χ1) is 26.6. The molecule has 1 aromatic rings. The minimum Gasteiger partial charge on any atom is -0.469 e. The molecule has 1 N–H and O–H groups in total. The standard InChI is InChI=1S/C44H80O11Si/c1-14-19-37(27-54-56(31(2)3,32(4)5)33(6)7)38(45)24-39(51-28-47-11)35(9)42(52-29-48-12)43(53-30-50-26-36-20-16-15-17-21-36)41-34(8)25-44(10,55-41)23-18-22-40(46)49-13/h15-17,20-21,31-35,37-39,41-43,45H,14,18-19,22-30H2,1-13H3/t34-,35-,37-,38+,39+,41+,42-,43+,44-/m0/s1. The average Bonchev–Trinajstić information content (AvgIpc) is 3.46. The predicted molar refractivity (Wildman–Crippen MR) is 223 cm³/mol. The maximum atomic E-state index is 12.1.